The number of nitrogens with zero attached hydrogens (tertiary/aromatic N) is 2. The zero-order valence-electron chi connectivity index (χ0n) is 14.7. The largest absolute Gasteiger partial charge is 0.435 e. The van der Waals surface area contributed by atoms with Crippen LogP contribution in [0, 0.1) is 0 Å². The van der Waals surface area contributed by atoms with Gasteiger partial charge >= 0.3 is 13.2 Å². The third-order valence-corrected chi connectivity index (χ3v) is 3.85. The molecule has 156 valence electrons. The Morgan fingerprint density at radius 3 is 2.61 bits per heavy atom. The molecule has 12 heteroatoms. The number of ether oxygens (including phenoxy) is 3. The molecule has 0 unspecified atom stereocenters. The van der Waals surface area contributed by atoms with E-state index in [0.717, 1.165) is 25.7 Å². The molecule has 0 spiro atoms. The summed E-state index contributed by atoms with van der Waals surface area (Å²) in [5, 5.41) is 7.05. The van der Waals surface area contributed by atoms with E-state index in [2.05, 4.69) is 30.2 Å². The first-order valence-electron chi connectivity index (χ1n) is 8.34. The van der Waals surface area contributed by atoms with E-state index in [1.165, 1.54) is 18.3 Å². The molecule has 1 aliphatic heterocycles. The van der Waals surface area contributed by atoms with Gasteiger partial charge in [-0.25, -0.2) is 0 Å². The Kier molecular flexibility index (Phi) is 9.17. The maximum Gasteiger partial charge on any atom is 0.387 e. The zero-order valence-corrected chi connectivity index (χ0v) is 15.6. The summed E-state index contributed by atoms with van der Waals surface area (Å²) in [5.74, 6) is -0.666. The van der Waals surface area contributed by atoms with Crippen LogP contribution in [0.2, 0.25) is 0 Å². The van der Waals surface area contributed by atoms with Crippen molar-refractivity contribution in [3.63, 3.8) is 0 Å². The lowest BCUT2D eigenvalue weighted by Gasteiger charge is -2.26. The van der Waals surface area contributed by atoms with Crippen molar-refractivity contribution in [1.29, 1.82) is 0 Å². The van der Waals surface area contributed by atoms with Gasteiger partial charge in [0.2, 0.25) is 0 Å². The highest BCUT2D eigenvalue weighted by molar-refractivity contribution is 7.80. The predicted octanol–water partition coefficient (Wildman–Crippen LogP) is 2.02. The Hall–Kier alpha value is -2.18. The summed E-state index contributed by atoms with van der Waals surface area (Å²) in [5.41, 5.74) is 2.68. The fourth-order valence-electron chi connectivity index (χ4n) is 2.35. The Morgan fingerprint density at radius 2 is 1.93 bits per heavy atom. The summed E-state index contributed by atoms with van der Waals surface area (Å²) in [7, 11) is 0. The molecule has 0 radical (unpaired) electrons. The second-order valence-corrected chi connectivity index (χ2v) is 5.94. The van der Waals surface area contributed by atoms with E-state index in [1.807, 2.05) is 0 Å². The van der Waals surface area contributed by atoms with Crippen LogP contribution in [0.4, 0.5) is 17.6 Å². The minimum Gasteiger partial charge on any atom is -0.435 e. The number of benzene rings is 1. The van der Waals surface area contributed by atoms with Crippen LogP contribution in [0.1, 0.15) is 5.56 Å². The monoisotopic (exact) mass is 424 g/mol. The lowest BCUT2D eigenvalue weighted by atomic mass is 10.2. The lowest BCUT2D eigenvalue weighted by Crippen LogP contribution is -2.42. The van der Waals surface area contributed by atoms with Gasteiger partial charge in [-0.2, -0.15) is 22.7 Å². The molecule has 2 rings (SSSR count). The van der Waals surface area contributed by atoms with Crippen molar-refractivity contribution in [2.24, 2.45) is 5.10 Å². The molecule has 0 aromatic heterocycles. The summed E-state index contributed by atoms with van der Waals surface area (Å²) in [6.45, 7) is -1.70. The Bertz CT molecular complexity index is 661. The summed E-state index contributed by atoms with van der Waals surface area (Å²) in [4.78, 5) is 2.22. The van der Waals surface area contributed by atoms with Gasteiger partial charge in [0.25, 0.3) is 0 Å². The van der Waals surface area contributed by atoms with E-state index in [0.29, 0.717) is 19.8 Å². The molecule has 1 fully saturated rings. The number of thiocarbonyl (C=S) groups is 1. The molecule has 1 aromatic rings. The first kappa shape index (κ1) is 22.1. The predicted molar refractivity (Wildman–Crippen MR) is 98.3 cm³/mol. The van der Waals surface area contributed by atoms with Crippen LogP contribution in [0.3, 0.4) is 0 Å². The van der Waals surface area contributed by atoms with Crippen LogP contribution in [0.15, 0.2) is 23.3 Å². The van der Waals surface area contributed by atoms with Crippen LogP contribution in [0.5, 0.6) is 11.5 Å². The molecule has 1 aliphatic rings. The van der Waals surface area contributed by atoms with Crippen molar-refractivity contribution < 1.29 is 31.8 Å². The topological polar surface area (TPSA) is 67.4 Å². The van der Waals surface area contributed by atoms with Gasteiger partial charge in [-0.15, -0.1) is 0 Å². The van der Waals surface area contributed by atoms with Gasteiger partial charge in [-0.3, -0.25) is 10.3 Å². The van der Waals surface area contributed by atoms with Gasteiger partial charge in [0.1, 0.15) is 11.5 Å². The number of hydrogen-bond donors (Lipinski definition) is 2. The highest BCUT2D eigenvalue weighted by Gasteiger charge is 2.13. The van der Waals surface area contributed by atoms with E-state index < -0.39 is 13.2 Å². The lowest BCUT2D eigenvalue weighted by molar-refractivity contribution is -0.0543. The number of alkyl halides is 4. The third-order valence-electron chi connectivity index (χ3n) is 3.61. The van der Waals surface area contributed by atoms with Crippen molar-refractivity contribution >= 4 is 23.5 Å². The van der Waals surface area contributed by atoms with Crippen LogP contribution in [0.25, 0.3) is 0 Å². The molecular formula is C16H20F4N4O3S. The van der Waals surface area contributed by atoms with E-state index in [1.54, 1.807) is 0 Å². The molecule has 0 atom stereocenters. The Morgan fingerprint density at radius 1 is 1.21 bits per heavy atom. The maximum absolute atomic E-state index is 12.5. The number of morpholine rings is 1. The molecule has 28 heavy (non-hydrogen) atoms. The second kappa shape index (κ2) is 11.6. The molecule has 0 bridgehead atoms. The smallest absolute Gasteiger partial charge is 0.387 e. The maximum atomic E-state index is 12.5. The summed E-state index contributed by atoms with van der Waals surface area (Å²) >= 11 is 5.07. The van der Waals surface area contributed by atoms with Crippen LogP contribution < -0.4 is 20.2 Å². The SMILES string of the molecule is FC(F)Oc1ccc(C=NNC(=S)NCCN2CCOCC2)c(OC(F)F)c1. The van der Waals surface area contributed by atoms with Gasteiger partial charge in [-0.1, -0.05) is 0 Å². The van der Waals surface area contributed by atoms with E-state index in [-0.39, 0.29) is 22.2 Å². The van der Waals surface area contributed by atoms with E-state index >= 15 is 0 Å². The van der Waals surface area contributed by atoms with Crippen molar-refractivity contribution in [2.45, 2.75) is 13.2 Å². The molecular weight excluding hydrogens is 404 g/mol. The van der Waals surface area contributed by atoms with E-state index in [9.17, 15) is 17.6 Å². The molecule has 7 nitrogen and oxygen atoms in total. The number of hydrazone groups is 1. The molecule has 0 amide bonds. The van der Waals surface area contributed by atoms with E-state index in [4.69, 9.17) is 17.0 Å². The van der Waals surface area contributed by atoms with Crippen LogP contribution >= 0.6 is 12.2 Å². The Balaban J connectivity index is 1.84. The minimum absolute atomic E-state index is 0.130. The standard InChI is InChI=1S/C16H20F4N4O3S/c17-14(18)26-12-2-1-11(13(9-12)27-15(19)20)10-22-23-16(28)21-3-4-24-5-7-25-8-6-24/h1-2,9-10,14-15H,3-8H2,(H2,21,23,28). The average molecular weight is 424 g/mol. The molecule has 0 saturated carbocycles. The fourth-order valence-corrected chi connectivity index (χ4v) is 2.50. The first-order valence-corrected chi connectivity index (χ1v) is 8.75. The van der Waals surface area contributed by atoms with Crippen LogP contribution in [-0.4, -0.2) is 68.8 Å². The molecule has 1 aromatic carbocycles. The molecule has 1 heterocycles. The van der Waals surface area contributed by atoms with Crippen LogP contribution in [-0.2, 0) is 4.74 Å². The number of nitrogens with one attached hydrogen (secondary N) is 2. The zero-order chi connectivity index (χ0) is 20.4. The average Bonchev–Trinajstić information content (AvgIpc) is 2.63. The summed E-state index contributed by atoms with van der Waals surface area (Å²) in [6, 6.07) is 3.37. The Labute approximate surface area is 164 Å². The van der Waals surface area contributed by atoms with Gasteiger partial charge in [0.05, 0.1) is 19.4 Å². The van der Waals surface area contributed by atoms with Gasteiger partial charge in [-0.05, 0) is 24.4 Å². The fraction of sp³-hybridized carbons (Fsp3) is 0.500. The second-order valence-electron chi connectivity index (χ2n) is 5.54. The first-order chi connectivity index (χ1) is 13.4. The minimum atomic E-state index is -3.13. The van der Waals surface area contributed by atoms with Crippen molar-refractivity contribution in [3.8, 4) is 11.5 Å². The molecule has 1 saturated heterocycles. The summed E-state index contributed by atoms with van der Waals surface area (Å²) in [6.07, 6.45) is 1.18. The van der Waals surface area contributed by atoms with Crippen molar-refractivity contribution in [3.05, 3.63) is 23.8 Å². The van der Waals surface area contributed by atoms with Gasteiger partial charge in [0, 0.05) is 37.8 Å². The molecule has 2 N–H and O–H groups in total. The highest BCUT2D eigenvalue weighted by atomic mass is 32.1. The summed E-state index contributed by atoms with van der Waals surface area (Å²) < 4.78 is 63.3. The third kappa shape index (κ3) is 8.23. The quantitative estimate of drug-likeness (QED) is 0.272. The number of halogens is 4. The van der Waals surface area contributed by atoms with Gasteiger partial charge < -0.3 is 19.5 Å². The molecule has 0 aliphatic carbocycles. The van der Waals surface area contributed by atoms with Crippen molar-refractivity contribution in [1.82, 2.24) is 15.6 Å². The van der Waals surface area contributed by atoms with Crippen molar-refractivity contribution in [2.75, 3.05) is 39.4 Å². The number of rotatable bonds is 9. The highest BCUT2D eigenvalue weighted by Crippen LogP contribution is 2.26. The normalized spacial score (nSPS) is 15.2. The number of hydrogen-bond acceptors (Lipinski definition) is 6. The van der Waals surface area contributed by atoms with Gasteiger partial charge in [0.15, 0.2) is 5.11 Å².